The van der Waals surface area contributed by atoms with Crippen molar-refractivity contribution >= 4 is 16.7 Å². The number of anilines is 1. The fourth-order valence-electron chi connectivity index (χ4n) is 3.05. The number of fused-ring (bicyclic) bond motifs is 1. The van der Waals surface area contributed by atoms with Crippen molar-refractivity contribution in [3.63, 3.8) is 0 Å². The Morgan fingerprint density at radius 1 is 1.00 bits per heavy atom. The third-order valence-electron chi connectivity index (χ3n) is 4.32. The lowest BCUT2D eigenvalue weighted by Crippen LogP contribution is -2.25. The third-order valence-corrected chi connectivity index (χ3v) is 4.32. The molecule has 0 spiro atoms. The number of hydrogen-bond acceptors (Lipinski definition) is 5. The van der Waals surface area contributed by atoms with E-state index in [0.717, 1.165) is 11.8 Å². The fourth-order valence-corrected chi connectivity index (χ4v) is 3.05. The number of benzene rings is 1. The summed E-state index contributed by atoms with van der Waals surface area (Å²) in [5.41, 5.74) is 0.690. The molecule has 0 saturated carbocycles. The van der Waals surface area contributed by atoms with Gasteiger partial charge in [0.2, 0.25) is 5.56 Å². The van der Waals surface area contributed by atoms with Gasteiger partial charge in [-0.15, -0.1) is 0 Å². The van der Waals surface area contributed by atoms with Crippen molar-refractivity contribution in [2.75, 3.05) is 4.90 Å². The summed E-state index contributed by atoms with van der Waals surface area (Å²) in [4.78, 5) is 28.8. The van der Waals surface area contributed by atoms with E-state index in [2.05, 4.69) is 19.9 Å². The molecule has 3 heterocycles. The fraction of sp³-hybridized carbons (Fsp3) is 0.100. The summed E-state index contributed by atoms with van der Waals surface area (Å²) in [6.45, 7) is 0.662. The second-order valence-corrected chi connectivity index (χ2v) is 6.19. The van der Waals surface area contributed by atoms with Gasteiger partial charge in [0.25, 0.3) is 0 Å². The first-order valence-corrected chi connectivity index (χ1v) is 8.52. The molecule has 8 heteroatoms. The van der Waals surface area contributed by atoms with Crippen LogP contribution in [0.2, 0.25) is 0 Å². The molecule has 0 atom stereocenters. The average Bonchev–Trinajstić information content (AvgIpc) is 2.72. The van der Waals surface area contributed by atoms with Gasteiger partial charge in [-0.2, -0.15) is 0 Å². The number of nitrogens with zero attached hydrogens (tertiary/aromatic N) is 4. The molecule has 0 radical (unpaired) electrons. The third kappa shape index (κ3) is 3.57. The summed E-state index contributed by atoms with van der Waals surface area (Å²) in [6.07, 6.45) is 4.72. The van der Waals surface area contributed by atoms with Crippen LogP contribution in [0.5, 0.6) is 0 Å². The van der Waals surface area contributed by atoms with Crippen LogP contribution in [0.25, 0.3) is 10.9 Å². The summed E-state index contributed by atoms with van der Waals surface area (Å²) in [5, 5.41) is 0.429. The van der Waals surface area contributed by atoms with Crippen LogP contribution in [0, 0.1) is 11.6 Å². The number of pyridine rings is 2. The van der Waals surface area contributed by atoms with Gasteiger partial charge in [-0.05, 0) is 35.9 Å². The summed E-state index contributed by atoms with van der Waals surface area (Å²) >= 11 is 0. The Hall–Kier alpha value is -3.68. The Labute approximate surface area is 158 Å². The van der Waals surface area contributed by atoms with Crippen molar-refractivity contribution in [2.24, 2.45) is 0 Å². The Balaban J connectivity index is 1.79. The number of nitrogens with one attached hydrogen (secondary N) is 1. The van der Waals surface area contributed by atoms with Crippen molar-refractivity contribution in [3.05, 3.63) is 94.4 Å². The van der Waals surface area contributed by atoms with E-state index in [-0.39, 0.29) is 12.1 Å². The highest BCUT2D eigenvalue weighted by molar-refractivity contribution is 5.82. The second-order valence-electron chi connectivity index (χ2n) is 6.19. The van der Waals surface area contributed by atoms with Crippen LogP contribution in [0.15, 0.2) is 66.0 Å². The van der Waals surface area contributed by atoms with Crippen molar-refractivity contribution in [3.8, 4) is 0 Å². The number of aromatic amines is 1. The molecule has 0 aliphatic carbocycles. The van der Waals surface area contributed by atoms with Gasteiger partial charge < -0.3 is 9.88 Å². The molecular weight excluding hydrogens is 364 g/mol. The maximum atomic E-state index is 14.2. The molecule has 0 amide bonds. The van der Waals surface area contributed by atoms with Gasteiger partial charge in [-0.3, -0.25) is 9.78 Å². The molecule has 6 nitrogen and oxygen atoms in total. The zero-order chi connectivity index (χ0) is 19.5. The molecular formula is C20H15F2N5O. The predicted octanol–water partition coefficient (Wildman–Crippen LogP) is 3.20. The molecule has 0 fully saturated rings. The molecule has 0 unspecified atom stereocenters. The maximum absolute atomic E-state index is 14.2. The van der Waals surface area contributed by atoms with Crippen molar-refractivity contribution in [1.29, 1.82) is 0 Å². The minimum atomic E-state index is -1.07. The smallest absolute Gasteiger partial charge is 0.248 e. The van der Waals surface area contributed by atoms with Crippen LogP contribution in [0.1, 0.15) is 11.3 Å². The number of H-pyrrole nitrogens is 1. The molecule has 4 rings (SSSR count). The van der Waals surface area contributed by atoms with Crippen LogP contribution < -0.4 is 10.5 Å². The molecule has 0 bridgehead atoms. The molecule has 0 aliphatic rings. The molecule has 3 aromatic heterocycles. The SMILES string of the molecule is O=c1cc(CN(Cc2ccccn2)c2ccncn2)c2ccc(F)c(F)c2[nH]1. The normalized spacial score (nSPS) is 10.9. The van der Waals surface area contributed by atoms with Gasteiger partial charge in [-0.25, -0.2) is 18.7 Å². The number of rotatable bonds is 5. The molecule has 28 heavy (non-hydrogen) atoms. The average molecular weight is 379 g/mol. The van der Waals surface area contributed by atoms with E-state index in [9.17, 15) is 13.6 Å². The molecule has 0 saturated heterocycles. The number of aromatic nitrogens is 4. The quantitative estimate of drug-likeness (QED) is 0.576. The van der Waals surface area contributed by atoms with Gasteiger partial charge in [0.15, 0.2) is 11.6 Å². The second kappa shape index (κ2) is 7.51. The number of hydrogen-bond donors (Lipinski definition) is 1. The van der Waals surface area contributed by atoms with E-state index >= 15 is 0 Å². The number of halogens is 2. The van der Waals surface area contributed by atoms with E-state index in [4.69, 9.17) is 0 Å². The Bertz CT molecular complexity index is 1170. The summed E-state index contributed by atoms with van der Waals surface area (Å²) in [6, 6.07) is 11.2. The highest BCUT2D eigenvalue weighted by Crippen LogP contribution is 2.23. The first-order valence-electron chi connectivity index (χ1n) is 8.52. The molecule has 140 valence electrons. The molecule has 0 aliphatic heterocycles. The molecule has 1 aromatic carbocycles. The molecule has 1 N–H and O–H groups in total. The van der Waals surface area contributed by atoms with Crippen molar-refractivity contribution in [1.82, 2.24) is 19.9 Å². The van der Waals surface area contributed by atoms with Crippen LogP contribution in [-0.2, 0) is 13.1 Å². The maximum Gasteiger partial charge on any atom is 0.248 e. The van der Waals surface area contributed by atoms with Gasteiger partial charge in [0.1, 0.15) is 12.1 Å². The lowest BCUT2D eigenvalue weighted by molar-refractivity contribution is 0.515. The highest BCUT2D eigenvalue weighted by atomic mass is 19.2. The lowest BCUT2D eigenvalue weighted by atomic mass is 10.1. The zero-order valence-electron chi connectivity index (χ0n) is 14.6. The van der Waals surface area contributed by atoms with Crippen LogP contribution >= 0.6 is 0 Å². The van der Waals surface area contributed by atoms with Crippen LogP contribution in [0.4, 0.5) is 14.6 Å². The first-order chi connectivity index (χ1) is 13.6. The Morgan fingerprint density at radius 3 is 2.64 bits per heavy atom. The highest BCUT2D eigenvalue weighted by Gasteiger charge is 2.16. The van der Waals surface area contributed by atoms with Gasteiger partial charge in [0, 0.05) is 30.4 Å². The minimum absolute atomic E-state index is 0.150. The van der Waals surface area contributed by atoms with E-state index in [1.54, 1.807) is 18.5 Å². The van der Waals surface area contributed by atoms with Gasteiger partial charge >= 0.3 is 0 Å². The Morgan fingerprint density at radius 2 is 1.89 bits per heavy atom. The monoisotopic (exact) mass is 379 g/mol. The standard InChI is InChI=1S/C20H15F2N5O/c21-16-5-4-15-13(9-18(28)26-20(15)19(16)22)10-27(17-6-8-23-12-25-17)11-14-3-1-2-7-24-14/h1-9,12H,10-11H2,(H,26,28). The van der Waals surface area contributed by atoms with E-state index in [1.165, 1.54) is 18.5 Å². The lowest BCUT2D eigenvalue weighted by Gasteiger charge is -2.24. The van der Waals surface area contributed by atoms with E-state index in [1.807, 2.05) is 23.1 Å². The van der Waals surface area contributed by atoms with E-state index < -0.39 is 17.2 Å². The zero-order valence-corrected chi connectivity index (χ0v) is 14.6. The van der Waals surface area contributed by atoms with Crippen molar-refractivity contribution in [2.45, 2.75) is 13.1 Å². The summed E-state index contributed by atoms with van der Waals surface area (Å²) in [7, 11) is 0. The molecule has 4 aromatic rings. The van der Waals surface area contributed by atoms with Crippen LogP contribution in [-0.4, -0.2) is 19.9 Å². The van der Waals surface area contributed by atoms with Crippen LogP contribution in [0.3, 0.4) is 0 Å². The van der Waals surface area contributed by atoms with Crippen molar-refractivity contribution < 1.29 is 8.78 Å². The Kier molecular flexibility index (Phi) is 4.76. The topological polar surface area (TPSA) is 74.8 Å². The van der Waals surface area contributed by atoms with Gasteiger partial charge in [-0.1, -0.05) is 6.07 Å². The predicted molar refractivity (Wildman–Crippen MR) is 101 cm³/mol. The summed E-state index contributed by atoms with van der Waals surface area (Å²) in [5.74, 6) is -1.46. The summed E-state index contributed by atoms with van der Waals surface area (Å²) < 4.78 is 27.8. The van der Waals surface area contributed by atoms with Gasteiger partial charge in [0.05, 0.1) is 17.8 Å². The van der Waals surface area contributed by atoms with E-state index in [0.29, 0.717) is 23.3 Å². The largest absolute Gasteiger partial charge is 0.346 e. The first kappa shape index (κ1) is 17.7. The minimum Gasteiger partial charge on any atom is -0.346 e.